The van der Waals surface area contributed by atoms with Crippen molar-refractivity contribution in [3.8, 4) is 0 Å². The molecule has 0 nitrogen and oxygen atoms in total. The van der Waals surface area contributed by atoms with Crippen molar-refractivity contribution in [3.63, 3.8) is 0 Å². The van der Waals surface area contributed by atoms with Crippen LogP contribution in [0, 0.1) is 11.9 Å². The van der Waals surface area contributed by atoms with E-state index in [1.54, 1.807) is 0 Å². The van der Waals surface area contributed by atoms with Gasteiger partial charge in [-0.25, -0.2) is 0 Å². The van der Waals surface area contributed by atoms with Crippen molar-refractivity contribution >= 4 is 41.2 Å². The molecule has 0 saturated heterocycles. The zero-order valence-corrected chi connectivity index (χ0v) is 12.3. The average molecular weight is 354 g/mol. The van der Waals surface area contributed by atoms with Crippen molar-refractivity contribution in [1.29, 1.82) is 0 Å². The summed E-state index contributed by atoms with van der Waals surface area (Å²) in [6.07, 6.45) is 0. The first kappa shape index (κ1) is 12.0. The predicted molar refractivity (Wildman–Crippen MR) is 46.9 cm³/mol. The summed E-state index contributed by atoms with van der Waals surface area (Å²) in [6, 6.07) is 5.30. The summed E-state index contributed by atoms with van der Waals surface area (Å²) in [4.78, 5) is 0. The van der Waals surface area contributed by atoms with Crippen LogP contribution in [0.3, 0.4) is 0 Å². The van der Waals surface area contributed by atoms with Gasteiger partial charge in [-0.1, -0.05) is 25.4 Å². The monoisotopic (exact) mass is 350 g/mol. The molecule has 1 rings (SSSR count). The Morgan fingerprint density at radius 2 is 2.09 bits per heavy atom. The Kier molecular flexibility index (Phi) is 7.14. The minimum absolute atomic E-state index is 0.312. The summed E-state index contributed by atoms with van der Waals surface area (Å²) in [7, 11) is 0. The first-order valence-corrected chi connectivity index (χ1v) is 10.6. The van der Waals surface area contributed by atoms with Gasteiger partial charge in [-0.05, 0) is 0 Å². The molecule has 11 heavy (non-hydrogen) atoms. The van der Waals surface area contributed by atoms with Gasteiger partial charge in [-0.3, -0.25) is 4.39 Å². The summed E-state index contributed by atoms with van der Waals surface area (Å²) in [5.41, 5.74) is 0. The second-order valence-corrected chi connectivity index (χ2v) is 2.71. The summed E-state index contributed by atoms with van der Waals surface area (Å²) < 4.78 is 12.7. The zero-order valence-electron chi connectivity index (χ0n) is 5.37. The van der Waals surface area contributed by atoms with Crippen molar-refractivity contribution in [2.75, 3.05) is 0 Å². The van der Waals surface area contributed by atoms with Crippen molar-refractivity contribution in [2.24, 2.45) is 0 Å². The Morgan fingerprint density at radius 1 is 1.55 bits per heavy atom. The van der Waals surface area contributed by atoms with E-state index in [2.05, 4.69) is 35.6 Å². The molecule has 0 aliphatic heterocycles. The molecule has 56 valence electrons. The van der Waals surface area contributed by atoms with Crippen LogP contribution in [0.2, 0.25) is 5.02 Å². The molecule has 0 aliphatic carbocycles. The molecule has 0 aliphatic rings. The van der Waals surface area contributed by atoms with Crippen LogP contribution in [-0.4, -0.2) is 0 Å². The maximum absolute atomic E-state index is 12.4. The molecule has 1 aromatic carbocycles. The Bertz CT molecular complexity index is 232. The molecule has 0 fully saturated rings. The van der Waals surface area contributed by atoms with Crippen LogP contribution in [-0.2, 0) is 16.3 Å². The van der Waals surface area contributed by atoms with Gasteiger partial charge >= 0.3 is 30.0 Å². The third-order valence-corrected chi connectivity index (χ3v) is 1.64. The third-order valence-electron chi connectivity index (χ3n) is 0.811. The Balaban J connectivity index is 0.000000461. The molecule has 0 unspecified atom stereocenters. The van der Waals surface area contributed by atoms with Gasteiger partial charge in [-0.15, -0.1) is 6.07 Å². The Labute approximate surface area is 94.7 Å². The van der Waals surface area contributed by atoms with Gasteiger partial charge in [0.1, 0.15) is 0 Å². The molecule has 0 aromatic heterocycles. The van der Waals surface area contributed by atoms with Crippen molar-refractivity contribution in [2.45, 2.75) is 0 Å². The molecule has 0 heterocycles. The van der Waals surface area contributed by atoms with Crippen molar-refractivity contribution in [1.82, 2.24) is 0 Å². The molecular weight excluding hydrogens is 352 g/mol. The normalized spacial score (nSPS) is 8.55. The minimum atomic E-state index is -0.387. The van der Waals surface area contributed by atoms with Gasteiger partial charge in [0.05, 0.1) is 0 Å². The van der Waals surface area contributed by atoms with Crippen LogP contribution < -0.4 is 0 Å². The SMILES string of the molecule is Fc1cc(Cl)c[c-]c1Br.[Zn+][Br]. The molecule has 0 radical (unpaired) electrons. The molecular formula is C6H2Br2ClFZn. The van der Waals surface area contributed by atoms with Gasteiger partial charge in [0.2, 0.25) is 0 Å². The zero-order chi connectivity index (χ0) is 8.85. The fourth-order valence-corrected chi connectivity index (χ4v) is 0.807. The van der Waals surface area contributed by atoms with E-state index < -0.39 is 0 Å². The van der Waals surface area contributed by atoms with E-state index >= 15 is 0 Å². The van der Waals surface area contributed by atoms with E-state index in [1.807, 2.05) is 0 Å². The summed E-state index contributed by atoms with van der Waals surface area (Å²) in [5, 5.41) is 0.357. The van der Waals surface area contributed by atoms with E-state index in [-0.39, 0.29) is 5.82 Å². The summed E-state index contributed by atoms with van der Waals surface area (Å²) >= 11 is 12.6. The fourth-order valence-electron chi connectivity index (χ4n) is 0.427. The van der Waals surface area contributed by atoms with Gasteiger partial charge in [-0.2, -0.15) is 23.7 Å². The van der Waals surface area contributed by atoms with E-state index in [1.165, 1.54) is 28.5 Å². The quantitative estimate of drug-likeness (QED) is 0.377. The molecule has 1 aromatic rings. The number of hydrogen-bond donors (Lipinski definition) is 0. The molecule has 0 atom stereocenters. The molecule has 0 saturated carbocycles. The van der Waals surface area contributed by atoms with E-state index in [0.717, 1.165) is 0 Å². The van der Waals surface area contributed by atoms with Gasteiger partial charge < -0.3 is 0 Å². The van der Waals surface area contributed by atoms with Crippen LogP contribution in [0.4, 0.5) is 4.39 Å². The molecule has 0 N–H and O–H groups in total. The van der Waals surface area contributed by atoms with Gasteiger partial charge in [0.15, 0.2) is 0 Å². The van der Waals surface area contributed by atoms with Crippen LogP contribution in [0.5, 0.6) is 0 Å². The third kappa shape index (κ3) is 4.56. The van der Waals surface area contributed by atoms with E-state index in [9.17, 15) is 4.39 Å². The first-order chi connectivity index (χ1) is 5.20. The second kappa shape index (κ2) is 6.53. The standard InChI is InChI=1S/C6H2BrClF.BrH.Zn/c7-5-2-1-4(8)3-6(5)9;;/h1,3H;1H;/q-1;;+2/p-1. The van der Waals surface area contributed by atoms with Gasteiger partial charge in [0.25, 0.3) is 0 Å². The average Bonchev–Trinajstić information content (AvgIpc) is 2.02. The Hall–Kier alpha value is 1.02. The molecule has 0 bridgehead atoms. The van der Waals surface area contributed by atoms with Crippen LogP contribution in [0.15, 0.2) is 16.6 Å². The number of halogens is 4. The van der Waals surface area contributed by atoms with Crippen LogP contribution in [0.25, 0.3) is 0 Å². The van der Waals surface area contributed by atoms with Crippen molar-refractivity contribution in [3.05, 3.63) is 33.5 Å². The Morgan fingerprint density at radius 3 is 2.45 bits per heavy atom. The first-order valence-electron chi connectivity index (χ1n) is 2.49. The molecule has 0 amide bonds. The van der Waals surface area contributed by atoms with Crippen LogP contribution >= 0.6 is 41.2 Å². The van der Waals surface area contributed by atoms with E-state index in [0.29, 0.717) is 9.50 Å². The summed E-state index contributed by atoms with van der Waals surface area (Å²) in [6.45, 7) is 0. The number of rotatable bonds is 0. The molecule has 0 spiro atoms. The topological polar surface area (TPSA) is 0 Å². The van der Waals surface area contributed by atoms with Gasteiger partial charge in [0, 0.05) is 5.82 Å². The van der Waals surface area contributed by atoms with Crippen molar-refractivity contribution < 1.29 is 20.7 Å². The maximum atomic E-state index is 12.4. The summed E-state index contributed by atoms with van der Waals surface area (Å²) in [5.74, 6) is -0.387. The fraction of sp³-hybridized carbons (Fsp3) is 0. The molecule has 5 heteroatoms. The number of benzene rings is 1. The second-order valence-electron chi connectivity index (χ2n) is 1.48. The predicted octanol–water partition coefficient (Wildman–Crippen LogP) is 3.88. The number of hydrogen-bond acceptors (Lipinski definition) is 0. The van der Waals surface area contributed by atoms with Crippen LogP contribution in [0.1, 0.15) is 0 Å². The van der Waals surface area contributed by atoms with E-state index in [4.69, 9.17) is 11.6 Å².